The van der Waals surface area contributed by atoms with Crippen LogP contribution in [0.4, 0.5) is 0 Å². The molecular formula is C18H38N2O4S. The van der Waals surface area contributed by atoms with E-state index in [0.29, 0.717) is 12.0 Å². The average Bonchev–Trinajstić information content (AvgIpc) is 2.51. The van der Waals surface area contributed by atoms with Crippen molar-refractivity contribution >= 4 is 16.0 Å². The molecule has 0 aliphatic heterocycles. The van der Waals surface area contributed by atoms with Crippen LogP contribution >= 0.6 is 0 Å². The highest BCUT2D eigenvalue weighted by atomic mass is 32.2. The van der Waals surface area contributed by atoms with E-state index in [1.165, 1.54) is 12.8 Å². The van der Waals surface area contributed by atoms with Gasteiger partial charge in [-0.05, 0) is 52.6 Å². The second-order valence-electron chi connectivity index (χ2n) is 6.42. The highest BCUT2D eigenvalue weighted by Crippen LogP contribution is 2.00. The SMILES string of the molecule is C=C(C)C(=O)NC(C)CCN(CCC)CCC.CCCCS(=O)(=O)O. The zero-order valence-corrected chi connectivity index (χ0v) is 17.5. The number of hydrogen-bond acceptors (Lipinski definition) is 4. The van der Waals surface area contributed by atoms with Gasteiger partial charge >= 0.3 is 0 Å². The predicted octanol–water partition coefficient (Wildman–Crippen LogP) is 3.25. The first-order chi connectivity index (χ1) is 11.6. The molecule has 6 nitrogen and oxygen atoms in total. The summed E-state index contributed by atoms with van der Waals surface area (Å²) in [7, 11) is -3.69. The van der Waals surface area contributed by atoms with Crippen molar-refractivity contribution in [3.05, 3.63) is 12.2 Å². The van der Waals surface area contributed by atoms with Crippen LogP contribution in [0, 0.1) is 0 Å². The molecule has 7 heteroatoms. The summed E-state index contributed by atoms with van der Waals surface area (Å²) in [6, 6.07) is 0.218. The van der Waals surface area contributed by atoms with Gasteiger partial charge in [0.25, 0.3) is 10.1 Å². The molecule has 0 aromatic rings. The molecule has 25 heavy (non-hydrogen) atoms. The summed E-state index contributed by atoms with van der Waals surface area (Å²) in [5, 5.41) is 2.95. The van der Waals surface area contributed by atoms with Gasteiger partial charge in [-0.25, -0.2) is 0 Å². The van der Waals surface area contributed by atoms with Crippen LogP contribution in [0.5, 0.6) is 0 Å². The van der Waals surface area contributed by atoms with Crippen LogP contribution in [-0.2, 0) is 14.9 Å². The number of nitrogens with one attached hydrogen (secondary N) is 1. The molecule has 0 bridgehead atoms. The lowest BCUT2D eigenvalue weighted by Gasteiger charge is -2.23. The number of amides is 1. The fourth-order valence-electron chi connectivity index (χ4n) is 2.09. The third-order valence-electron chi connectivity index (χ3n) is 3.48. The molecule has 0 aliphatic carbocycles. The minimum atomic E-state index is -3.69. The Kier molecular flexibility index (Phi) is 16.1. The Morgan fingerprint density at radius 1 is 1.12 bits per heavy atom. The van der Waals surface area contributed by atoms with E-state index < -0.39 is 10.1 Å². The summed E-state index contributed by atoms with van der Waals surface area (Å²) in [6.45, 7) is 17.1. The highest BCUT2D eigenvalue weighted by Gasteiger charge is 2.09. The second-order valence-corrected chi connectivity index (χ2v) is 8.00. The molecule has 2 N–H and O–H groups in total. The zero-order valence-electron chi connectivity index (χ0n) is 16.7. The minimum Gasteiger partial charge on any atom is -0.350 e. The van der Waals surface area contributed by atoms with Crippen molar-refractivity contribution in [2.24, 2.45) is 0 Å². The summed E-state index contributed by atoms with van der Waals surface area (Å²) >= 11 is 0. The van der Waals surface area contributed by atoms with Crippen LogP contribution in [0.15, 0.2) is 12.2 Å². The topological polar surface area (TPSA) is 86.7 Å². The fourth-order valence-corrected chi connectivity index (χ4v) is 2.74. The lowest BCUT2D eigenvalue weighted by molar-refractivity contribution is -0.118. The summed E-state index contributed by atoms with van der Waals surface area (Å²) in [5.74, 6) is -0.140. The van der Waals surface area contributed by atoms with E-state index in [2.05, 4.69) is 37.6 Å². The zero-order chi connectivity index (χ0) is 19.9. The Bertz CT molecular complexity index is 458. The van der Waals surface area contributed by atoms with E-state index in [1.807, 2.05) is 6.92 Å². The number of carbonyl (C=O) groups is 1. The van der Waals surface area contributed by atoms with E-state index >= 15 is 0 Å². The standard InChI is InChI=1S/C14H28N2O.C4H10O3S/c1-6-9-16(10-7-2)11-8-13(5)15-14(17)12(3)4;1-2-3-4-8(5,6)7/h13H,3,6-11H2,1-2,4-5H3,(H,15,17);2-4H2,1H3,(H,5,6,7). The lowest BCUT2D eigenvalue weighted by atomic mass is 10.2. The molecule has 0 heterocycles. The average molecular weight is 379 g/mol. The van der Waals surface area contributed by atoms with Crippen LogP contribution in [0.3, 0.4) is 0 Å². The smallest absolute Gasteiger partial charge is 0.264 e. The largest absolute Gasteiger partial charge is 0.350 e. The molecule has 1 atom stereocenters. The van der Waals surface area contributed by atoms with Crippen LogP contribution in [-0.4, -0.2) is 55.2 Å². The third kappa shape index (κ3) is 19.3. The first kappa shape index (κ1) is 26.3. The maximum atomic E-state index is 11.4. The van der Waals surface area contributed by atoms with Crippen LogP contribution in [0.25, 0.3) is 0 Å². The van der Waals surface area contributed by atoms with E-state index in [-0.39, 0.29) is 17.7 Å². The summed E-state index contributed by atoms with van der Waals surface area (Å²) < 4.78 is 28.0. The lowest BCUT2D eigenvalue weighted by Crippen LogP contribution is -2.36. The van der Waals surface area contributed by atoms with Crippen molar-refractivity contribution in [3.8, 4) is 0 Å². The van der Waals surface area contributed by atoms with E-state index in [9.17, 15) is 13.2 Å². The van der Waals surface area contributed by atoms with Gasteiger partial charge in [0.1, 0.15) is 0 Å². The first-order valence-corrected chi connectivity index (χ1v) is 10.8. The normalized spacial score (nSPS) is 12.3. The maximum absolute atomic E-state index is 11.4. The third-order valence-corrected chi connectivity index (χ3v) is 4.28. The Morgan fingerprint density at radius 3 is 1.96 bits per heavy atom. The number of nitrogens with zero attached hydrogens (tertiary/aromatic N) is 1. The fraction of sp³-hybridized carbons (Fsp3) is 0.833. The monoisotopic (exact) mass is 378 g/mol. The molecule has 0 fully saturated rings. The van der Waals surface area contributed by atoms with Gasteiger partial charge in [-0.2, -0.15) is 8.42 Å². The molecular weight excluding hydrogens is 340 g/mol. The van der Waals surface area contributed by atoms with Crippen LogP contribution in [0.1, 0.15) is 66.7 Å². The molecule has 0 aromatic carbocycles. The summed E-state index contributed by atoms with van der Waals surface area (Å²) in [6.07, 6.45) is 4.71. The first-order valence-electron chi connectivity index (χ1n) is 9.21. The molecule has 1 unspecified atom stereocenters. The van der Waals surface area contributed by atoms with Gasteiger partial charge in [0.05, 0.1) is 5.75 Å². The van der Waals surface area contributed by atoms with E-state index in [4.69, 9.17) is 4.55 Å². The minimum absolute atomic E-state index is 0.0324. The van der Waals surface area contributed by atoms with Crippen molar-refractivity contribution in [2.75, 3.05) is 25.4 Å². The van der Waals surface area contributed by atoms with Crippen molar-refractivity contribution < 1.29 is 17.8 Å². The molecule has 0 aliphatic rings. The molecule has 0 rings (SSSR count). The van der Waals surface area contributed by atoms with Gasteiger partial charge in [-0.1, -0.05) is 33.8 Å². The van der Waals surface area contributed by atoms with Gasteiger partial charge in [0, 0.05) is 18.2 Å². The van der Waals surface area contributed by atoms with E-state index in [0.717, 1.165) is 32.5 Å². The highest BCUT2D eigenvalue weighted by molar-refractivity contribution is 7.85. The number of carbonyl (C=O) groups excluding carboxylic acids is 1. The predicted molar refractivity (Wildman–Crippen MR) is 105 cm³/mol. The molecule has 0 aromatic heterocycles. The second kappa shape index (κ2) is 15.3. The maximum Gasteiger partial charge on any atom is 0.264 e. The summed E-state index contributed by atoms with van der Waals surface area (Å²) in [4.78, 5) is 13.9. The van der Waals surface area contributed by atoms with Crippen LogP contribution < -0.4 is 5.32 Å². The Labute approximate surface area is 154 Å². The number of hydrogen-bond donors (Lipinski definition) is 2. The van der Waals surface area contributed by atoms with Gasteiger partial charge in [0.15, 0.2) is 0 Å². The molecule has 0 radical (unpaired) electrons. The molecule has 0 saturated heterocycles. The molecule has 0 saturated carbocycles. The van der Waals surface area contributed by atoms with Crippen molar-refractivity contribution in [3.63, 3.8) is 0 Å². The molecule has 150 valence electrons. The van der Waals surface area contributed by atoms with Crippen molar-refractivity contribution in [1.29, 1.82) is 0 Å². The molecule has 0 spiro atoms. The Balaban J connectivity index is 0. The van der Waals surface area contributed by atoms with Gasteiger partial charge < -0.3 is 10.2 Å². The quantitative estimate of drug-likeness (QED) is 0.402. The van der Waals surface area contributed by atoms with Gasteiger partial charge in [-0.3, -0.25) is 9.35 Å². The van der Waals surface area contributed by atoms with E-state index in [1.54, 1.807) is 6.92 Å². The summed E-state index contributed by atoms with van der Waals surface area (Å²) in [5.41, 5.74) is 0.579. The number of rotatable bonds is 12. The van der Waals surface area contributed by atoms with Crippen molar-refractivity contribution in [1.82, 2.24) is 10.2 Å². The number of unbranched alkanes of at least 4 members (excludes halogenated alkanes) is 1. The van der Waals surface area contributed by atoms with Crippen LogP contribution in [0.2, 0.25) is 0 Å². The Hall–Kier alpha value is -0.920. The van der Waals surface area contributed by atoms with Gasteiger partial charge in [-0.15, -0.1) is 0 Å². The Morgan fingerprint density at radius 2 is 1.64 bits per heavy atom. The molecule has 1 amide bonds. The van der Waals surface area contributed by atoms with Gasteiger partial charge in [0.2, 0.25) is 5.91 Å². The van der Waals surface area contributed by atoms with Crippen molar-refractivity contribution in [2.45, 2.75) is 72.8 Å².